The standard InChI is InChI=1S/C10H15N3OS/c1-14-6-2-4-12-8-3-5-13-9(7-8)10(11)15/h3,5,7H,2,4,6H2,1H3,(H2,11,15)(H,12,13). The Morgan fingerprint density at radius 3 is 3.13 bits per heavy atom. The van der Waals surface area contributed by atoms with Crippen LogP contribution in [0.5, 0.6) is 0 Å². The van der Waals surface area contributed by atoms with E-state index < -0.39 is 0 Å². The third-order valence-electron chi connectivity index (χ3n) is 1.87. The van der Waals surface area contributed by atoms with Crippen molar-refractivity contribution in [3.63, 3.8) is 0 Å². The van der Waals surface area contributed by atoms with Crippen molar-refractivity contribution < 1.29 is 4.74 Å². The Balaban J connectivity index is 2.47. The number of nitrogens with one attached hydrogen (secondary N) is 1. The lowest BCUT2D eigenvalue weighted by atomic mass is 10.3. The summed E-state index contributed by atoms with van der Waals surface area (Å²) >= 11 is 4.84. The average molecular weight is 225 g/mol. The molecule has 0 amide bonds. The van der Waals surface area contributed by atoms with Crippen molar-refractivity contribution in [3.05, 3.63) is 24.0 Å². The van der Waals surface area contributed by atoms with Crippen molar-refractivity contribution in [2.24, 2.45) is 5.73 Å². The minimum atomic E-state index is 0.315. The molecule has 0 aromatic carbocycles. The molecule has 1 heterocycles. The molecule has 5 heteroatoms. The van der Waals surface area contributed by atoms with E-state index in [9.17, 15) is 0 Å². The smallest absolute Gasteiger partial charge is 0.122 e. The van der Waals surface area contributed by atoms with E-state index in [-0.39, 0.29) is 0 Å². The molecule has 0 radical (unpaired) electrons. The van der Waals surface area contributed by atoms with Gasteiger partial charge in [0.1, 0.15) is 4.99 Å². The molecule has 0 saturated carbocycles. The SMILES string of the molecule is COCCCNc1ccnc(C(N)=S)c1. The summed E-state index contributed by atoms with van der Waals surface area (Å²) in [5.74, 6) is 0. The molecule has 1 aromatic rings. The van der Waals surface area contributed by atoms with Gasteiger partial charge < -0.3 is 15.8 Å². The molecule has 0 spiro atoms. The van der Waals surface area contributed by atoms with Gasteiger partial charge in [0.2, 0.25) is 0 Å². The van der Waals surface area contributed by atoms with Crippen LogP contribution in [0.15, 0.2) is 18.3 Å². The number of methoxy groups -OCH3 is 1. The predicted molar refractivity (Wildman–Crippen MR) is 65.1 cm³/mol. The molecule has 0 fully saturated rings. The minimum absolute atomic E-state index is 0.315. The average Bonchev–Trinajstić information content (AvgIpc) is 2.25. The van der Waals surface area contributed by atoms with E-state index in [0.29, 0.717) is 10.7 Å². The van der Waals surface area contributed by atoms with Gasteiger partial charge in [0.25, 0.3) is 0 Å². The Labute approximate surface area is 94.8 Å². The first-order valence-corrected chi connectivity index (χ1v) is 5.13. The summed E-state index contributed by atoms with van der Waals surface area (Å²) in [6.07, 6.45) is 2.65. The number of hydrogen-bond donors (Lipinski definition) is 2. The molecule has 0 saturated heterocycles. The second-order valence-corrected chi connectivity index (χ2v) is 3.51. The number of rotatable bonds is 6. The summed E-state index contributed by atoms with van der Waals surface area (Å²) in [5.41, 5.74) is 7.10. The molecular formula is C10H15N3OS. The van der Waals surface area contributed by atoms with E-state index in [1.54, 1.807) is 13.3 Å². The maximum absolute atomic E-state index is 5.48. The molecule has 0 unspecified atom stereocenters. The Hall–Kier alpha value is -1.20. The third kappa shape index (κ3) is 4.22. The van der Waals surface area contributed by atoms with Gasteiger partial charge in [-0.1, -0.05) is 12.2 Å². The summed E-state index contributed by atoms with van der Waals surface area (Å²) in [4.78, 5) is 4.37. The predicted octanol–water partition coefficient (Wildman–Crippen LogP) is 1.16. The lowest BCUT2D eigenvalue weighted by Crippen LogP contribution is -2.12. The summed E-state index contributed by atoms with van der Waals surface area (Å²) in [7, 11) is 1.69. The summed E-state index contributed by atoms with van der Waals surface area (Å²) in [5, 5.41) is 3.24. The molecule has 0 atom stereocenters. The molecule has 4 nitrogen and oxygen atoms in total. The Bertz CT molecular complexity index is 330. The van der Waals surface area contributed by atoms with Crippen LogP contribution in [-0.2, 0) is 4.74 Å². The first-order chi connectivity index (χ1) is 7.24. The molecule has 0 aliphatic heterocycles. The molecule has 3 N–H and O–H groups in total. The van der Waals surface area contributed by atoms with Gasteiger partial charge in [-0.05, 0) is 18.6 Å². The van der Waals surface area contributed by atoms with E-state index >= 15 is 0 Å². The van der Waals surface area contributed by atoms with Crippen molar-refractivity contribution in [1.82, 2.24) is 4.98 Å². The summed E-state index contributed by atoms with van der Waals surface area (Å²) in [6.45, 7) is 1.61. The van der Waals surface area contributed by atoms with Crippen molar-refractivity contribution in [2.75, 3.05) is 25.6 Å². The number of aromatic nitrogens is 1. The zero-order valence-electron chi connectivity index (χ0n) is 8.69. The normalized spacial score (nSPS) is 9.93. The van der Waals surface area contributed by atoms with Gasteiger partial charge in [0.15, 0.2) is 0 Å². The number of thiocarbonyl (C=S) groups is 1. The number of nitrogens with two attached hydrogens (primary N) is 1. The monoisotopic (exact) mass is 225 g/mol. The number of anilines is 1. The van der Waals surface area contributed by atoms with Crippen molar-refractivity contribution >= 4 is 22.9 Å². The maximum atomic E-state index is 5.48. The fraction of sp³-hybridized carbons (Fsp3) is 0.400. The topological polar surface area (TPSA) is 60.2 Å². The molecule has 0 aliphatic carbocycles. The van der Waals surface area contributed by atoms with E-state index in [2.05, 4.69) is 10.3 Å². The Kier molecular flexibility index (Phi) is 5.00. The first-order valence-electron chi connectivity index (χ1n) is 4.72. The summed E-state index contributed by atoms with van der Waals surface area (Å²) < 4.78 is 4.95. The van der Waals surface area contributed by atoms with Gasteiger partial charge in [0.05, 0.1) is 5.69 Å². The van der Waals surface area contributed by atoms with E-state index in [1.807, 2.05) is 12.1 Å². The number of nitrogens with zero attached hydrogens (tertiary/aromatic N) is 1. The number of ether oxygens (including phenoxy) is 1. The van der Waals surface area contributed by atoms with Gasteiger partial charge in [-0.2, -0.15) is 0 Å². The molecule has 0 aliphatic rings. The van der Waals surface area contributed by atoms with Crippen LogP contribution in [0.1, 0.15) is 12.1 Å². The van der Waals surface area contributed by atoms with Gasteiger partial charge >= 0.3 is 0 Å². The van der Waals surface area contributed by atoms with Crippen molar-refractivity contribution in [2.45, 2.75) is 6.42 Å². The van der Waals surface area contributed by atoms with Crippen molar-refractivity contribution in [1.29, 1.82) is 0 Å². The second kappa shape index (κ2) is 6.31. The molecule has 0 bridgehead atoms. The van der Waals surface area contributed by atoms with Crippen LogP contribution in [0.4, 0.5) is 5.69 Å². The van der Waals surface area contributed by atoms with Crippen molar-refractivity contribution in [3.8, 4) is 0 Å². The number of pyridine rings is 1. The van der Waals surface area contributed by atoms with E-state index in [0.717, 1.165) is 25.3 Å². The van der Waals surface area contributed by atoms with Gasteiger partial charge in [-0.15, -0.1) is 0 Å². The highest BCUT2D eigenvalue weighted by atomic mass is 32.1. The van der Waals surface area contributed by atoms with Crippen LogP contribution in [0.2, 0.25) is 0 Å². The highest BCUT2D eigenvalue weighted by molar-refractivity contribution is 7.80. The van der Waals surface area contributed by atoms with Crippen LogP contribution in [0.3, 0.4) is 0 Å². The largest absolute Gasteiger partial charge is 0.388 e. The quantitative estimate of drug-likeness (QED) is 0.562. The fourth-order valence-corrected chi connectivity index (χ4v) is 1.24. The molecule has 82 valence electrons. The summed E-state index contributed by atoms with van der Waals surface area (Å²) in [6, 6.07) is 3.73. The lowest BCUT2D eigenvalue weighted by molar-refractivity contribution is 0.198. The highest BCUT2D eigenvalue weighted by Crippen LogP contribution is 2.07. The Morgan fingerprint density at radius 1 is 1.67 bits per heavy atom. The maximum Gasteiger partial charge on any atom is 0.122 e. The minimum Gasteiger partial charge on any atom is -0.388 e. The van der Waals surface area contributed by atoms with Gasteiger partial charge in [-0.25, -0.2) is 0 Å². The van der Waals surface area contributed by atoms with Crippen LogP contribution >= 0.6 is 12.2 Å². The Morgan fingerprint density at radius 2 is 2.47 bits per heavy atom. The molecule has 15 heavy (non-hydrogen) atoms. The first kappa shape index (κ1) is 11.9. The fourth-order valence-electron chi connectivity index (χ4n) is 1.12. The van der Waals surface area contributed by atoms with Crippen LogP contribution in [0.25, 0.3) is 0 Å². The van der Waals surface area contributed by atoms with Gasteiger partial charge in [0, 0.05) is 32.1 Å². The zero-order valence-corrected chi connectivity index (χ0v) is 9.51. The van der Waals surface area contributed by atoms with E-state index in [4.69, 9.17) is 22.7 Å². The lowest BCUT2D eigenvalue weighted by Gasteiger charge is -2.06. The number of hydrogen-bond acceptors (Lipinski definition) is 4. The van der Waals surface area contributed by atoms with E-state index in [1.165, 1.54) is 0 Å². The zero-order chi connectivity index (χ0) is 11.1. The highest BCUT2D eigenvalue weighted by Gasteiger charge is 1.98. The van der Waals surface area contributed by atoms with Crippen LogP contribution in [0, 0.1) is 0 Å². The second-order valence-electron chi connectivity index (χ2n) is 3.07. The van der Waals surface area contributed by atoms with Crippen LogP contribution < -0.4 is 11.1 Å². The third-order valence-corrected chi connectivity index (χ3v) is 2.08. The van der Waals surface area contributed by atoms with Gasteiger partial charge in [-0.3, -0.25) is 4.98 Å². The molecule has 1 aromatic heterocycles. The molecule has 1 rings (SSSR count). The molecular weight excluding hydrogens is 210 g/mol. The van der Waals surface area contributed by atoms with Crippen LogP contribution in [-0.4, -0.2) is 30.2 Å².